The Labute approximate surface area is 145 Å². The first-order chi connectivity index (χ1) is 11.8. The molecule has 0 aromatic heterocycles. The van der Waals surface area contributed by atoms with E-state index in [1.54, 1.807) is 0 Å². The Balaban J connectivity index is 1.60. The molecule has 0 amide bonds. The van der Waals surface area contributed by atoms with Gasteiger partial charge in [-0.15, -0.1) is 0 Å². The van der Waals surface area contributed by atoms with Gasteiger partial charge in [0.05, 0.1) is 0 Å². The van der Waals surface area contributed by atoms with E-state index < -0.39 is 0 Å². The first-order valence-electron chi connectivity index (χ1n) is 8.91. The Morgan fingerprint density at radius 2 is 1.71 bits per heavy atom. The third-order valence-corrected chi connectivity index (χ3v) is 5.14. The fourth-order valence-corrected chi connectivity index (χ4v) is 3.58. The van der Waals surface area contributed by atoms with Gasteiger partial charge in [0.15, 0.2) is 0 Å². The van der Waals surface area contributed by atoms with Crippen LogP contribution in [0.3, 0.4) is 0 Å². The average molecular weight is 324 g/mol. The highest BCUT2D eigenvalue weighted by atomic mass is 16.5. The van der Waals surface area contributed by atoms with E-state index in [-0.39, 0.29) is 0 Å². The van der Waals surface area contributed by atoms with Crippen LogP contribution in [0.25, 0.3) is 0 Å². The van der Waals surface area contributed by atoms with Gasteiger partial charge in [0, 0.05) is 0 Å². The molecule has 0 aliphatic carbocycles. The van der Waals surface area contributed by atoms with Crippen molar-refractivity contribution in [3.05, 3.63) is 65.7 Å². The molecule has 3 rings (SSSR count). The molecule has 0 radical (unpaired) electrons. The molecule has 0 spiro atoms. The van der Waals surface area contributed by atoms with Crippen LogP contribution < -0.4 is 10.5 Å². The Hall–Kier alpha value is -1.84. The second-order valence-corrected chi connectivity index (χ2v) is 6.83. The van der Waals surface area contributed by atoms with Gasteiger partial charge in [-0.1, -0.05) is 42.5 Å². The van der Waals surface area contributed by atoms with Gasteiger partial charge in [0.2, 0.25) is 0 Å². The van der Waals surface area contributed by atoms with Crippen molar-refractivity contribution in [1.29, 1.82) is 0 Å². The minimum absolute atomic E-state index is 0.460. The summed E-state index contributed by atoms with van der Waals surface area (Å²) in [5.41, 5.74) is 8.63. The zero-order chi connectivity index (χ0) is 16.8. The molecule has 1 saturated heterocycles. The van der Waals surface area contributed by atoms with E-state index in [1.807, 2.05) is 18.2 Å². The van der Waals surface area contributed by atoms with E-state index in [2.05, 4.69) is 48.3 Å². The molecule has 1 atom stereocenters. The van der Waals surface area contributed by atoms with Gasteiger partial charge in [-0.3, -0.25) is 0 Å². The summed E-state index contributed by atoms with van der Waals surface area (Å²) in [5, 5.41) is 0. The number of likely N-dealkylation sites (tertiary alicyclic amines) is 1. The summed E-state index contributed by atoms with van der Waals surface area (Å²) in [6.07, 6.45) is 2.48. The molecule has 2 N–H and O–H groups in total. The van der Waals surface area contributed by atoms with Gasteiger partial charge in [-0.25, -0.2) is 0 Å². The van der Waals surface area contributed by atoms with Crippen LogP contribution >= 0.6 is 0 Å². The lowest BCUT2D eigenvalue weighted by Crippen LogP contribution is -2.34. The number of benzene rings is 2. The van der Waals surface area contributed by atoms with Gasteiger partial charge in [-0.05, 0) is 74.6 Å². The van der Waals surface area contributed by atoms with Crippen molar-refractivity contribution in [3.8, 4) is 5.75 Å². The first kappa shape index (κ1) is 17.0. The normalized spacial score (nSPS) is 17.6. The highest BCUT2D eigenvalue weighted by molar-refractivity contribution is 5.30. The molecular formula is C21H28N2O. The molecule has 1 aliphatic heterocycles. The third kappa shape index (κ3) is 4.37. The van der Waals surface area contributed by atoms with E-state index >= 15 is 0 Å². The Bertz CT molecular complexity index is 603. The second-order valence-electron chi connectivity index (χ2n) is 6.83. The van der Waals surface area contributed by atoms with Crippen molar-refractivity contribution < 1.29 is 4.74 Å². The standard InChI is InChI=1S/C21H28N2O/c1-23-13-11-19(12-14-23)21(15-22)18-7-9-20(10-8-18)24-16-17-5-3-2-4-6-17/h2-10,19,21H,11-16,22H2,1H3. The number of ether oxygens (including phenoxy) is 1. The van der Waals surface area contributed by atoms with Gasteiger partial charge in [-0.2, -0.15) is 0 Å². The van der Waals surface area contributed by atoms with Gasteiger partial charge in [0.25, 0.3) is 0 Å². The first-order valence-corrected chi connectivity index (χ1v) is 8.91. The summed E-state index contributed by atoms with van der Waals surface area (Å²) < 4.78 is 5.88. The number of piperidine rings is 1. The van der Waals surface area contributed by atoms with Crippen molar-refractivity contribution in [2.24, 2.45) is 11.7 Å². The molecule has 128 valence electrons. The van der Waals surface area contributed by atoms with E-state index in [0.29, 0.717) is 18.4 Å². The molecule has 2 aromatic rings. The predicted octanol–water partition coefficient (Wildman–Crippen LogP) is 3.65. The third-order valence-electron chi connectivity index (χ3n) is 5.14. The molecular weight excluding hydrogens is 296 g/mol. The van der Waals surface area contributed by atoms with Crippen LogP contribution in [-0.4, -0.2) is 31.6 Å². The molecule has 1 fully saturated rings. The summed E-state index contributed by atoms with van der Waals surface area (Å²) in [6, 6.07) is 18.8. The van der Waals surface area contributed by atoms with Crippen LogP contribution in [0.4, 0.5) is 0 Å². The van der Waals surface area contributed by atoms with Crippen molar-refractivity contribution in [1.82, 2.24) is 4.90 Å². The maximum atomic E-state index is 6.10. The van der Waals surface area contributed by atoms with Crippen molar-refractivity contribution in [3.63, 3.8) is 0 Å². The number of nitrogens with two attached hydrogens (primary N) is 1. The van der Waals surface area contributed by atoms with E-state index in [0.717, 1.165) is 12.3 Å². The minimum Gasteiger partial charge on any atom is -0.489 e. The van der Waals surface area contributed by atoms with Crippen LogP contribution in [0.5, 0.6) is 5.75 Å². The van der Waals surface area contributed by atoms with Gasteiger partial charge < -0.3 is 15.4 Å². The van der Waals surface area contributed by atoms with Crippen molar-refractivity contribution in [2.45, 2.75) is 25.4 Å². The number of hydrogen-bond donors (Lipinski definition) is 1. The molecule has 3 heteroatoms. The van der Waals surface area contributed by atoms with Crippen LogP contribution in [-0.2, 0) is 6.61 Å². The summed E-state index contributed by atoms with van der Waals surface area (Å²) in [7, 11) is 2.20. The van der Waals surface area contributed by atoms with Gasteiger partial charge >= 0.3 is 0 Å². The summed E-state index contributed by atoms with van der Waals surface area (Å²) in [4.78, 5) is 2.41. The SMILES string of the molecule is CN1CCC(C(CN)c2ccc(OCc3ccccc3)cc2)CC1. The zero-order valence-corrected chi connectivity index (χ0v) is 14.5. The topological polar surface area (TPSA) is 38.5 Å². The smallest absolute Gasteiger partial charge is 0.119 e. The van der Waals surface area contributed by atoms with Crippen LogP contribution in [0.1, 0.15) is 29.9 Å². The lowest BCUT2D eigenvalue weighted by atomic mass is 9.80. The number of rotatable bonds is 6. The minimum atomic E-state index is 0.460. The maximum Gasteiger partial charge on any atom is 0.119 e. The Morgan fingerprint density at radius 3 is 2.33 bits per heavy atom. The molecule has 1 aliphatic rings. The fraction of sp³-hybridized carbons (Fsp3) is 0.429. The van der Waals surface area contributed by atoms with Crippen molar-refractivity contribution in [2.75, 3.05) is 26.7 Å². The Kier molecular flexibility index (Phi) is 5.89. The monoisotopic (exact) mass is 324 g/mol. The maximum absolute atomic E-state index is 6.10. The van der Waals surface area contributed by atoms with E-state index in [1.165, 1.54) is 37.1 Å². The molecule has 1 unspecified atom stereocenters. The van der Waals surface area contributed by atoms with Crippen molar-refractivity contribution >= 4 is 0 Å². The fourth-order valence-electron chi connectivity index (χ4n) is 3.58. The average Bonchev–Trinajstić information content (AvgIpc) is 2.64. The molecule has 2 aromatic carbocycles. The summed E-state index contributed by atoms with van der Waals surface area (Å²) in [5.74, 6) is 2.07. The summed E-state index contributed by atoms with van der Waals surface area (Å²) in [6.45, 7) is 3.69. The molecule has 3 nitrogen and oxygen atoms in total. The number of hydrogen-bond acceptors (Lipinski definition) is 3. The van der Waals surface area contributed by atoms with Gasteiger partial charge in [0.1, 0.15) is 12.4 Å². The number of nitrogens with zero attached hydrogens (tertiary/aromatic N) is 1. The van der Waals surface area contributed by atoms with E-state index in [9.17, 15) is 0 Å². The predicted molar refractivity (Wildman–Crippen MR) is 99.2 cm³/mol. The quantitative estimate of drug-likeness (QED) is 0.881. The molecule has 0 saturated carbocycles. The van der Waals surface area contributed by atoms with Crippen LogP contribution in [0.15, 0.2) is 54.6 Å². The molecule has 1 heterocycles. The van der Waals surface area contributed by atoms with Crippen LogP contribution in [0, 0.1) is 5.92 Å². The highest BCUT2D eigenvalue weighted by Crippen LogP contribution is 2.32. The second kappa shape index (κ2) is 8.32. The van der Waals surface area contributed by atoms with Crippen LogP contribution in [0.2, 0.25) is 0 Å². The zero-order valence-electron chi connectivity index (χ0n) is 14.5. The Morgan fingerprint density at radius 1 is 1.04 bits per heavy atom. The lowest BCUT2D eigenvalue weighted by Gasteiger charge is -2.34. The lowest BCUT2D eigenvalue weighted by molar-refractivity contribution is 0.199. The highest BCUT2D eigenvalue weighted by Gasteiger charge is 2.25. The largest absolute Gasteiger partial charge is 0.489 e. The molecule has 0 bridgehead atoms. The molecule has 24 heavy (non-hydrogen) atoms. The van der Waals surface area contributed by atoms with E-state index in [4.69, 9.17) is 10.5 Å². The summed E-state index contributed by atoms with van der Waals surface area (Å²) >= 11 is 0.